The maximum Gasteiger partial charge on any atom is 0.337 e. The number of amides is 1. The minimum Gasteiger partial charge on any atom is -0.465 e. The van der Waals surface area contributed by atoms with Crippen LogP contribution in [0.25, 0.3) is 5.69 Å². The number of hydrogen-bond acceptors (Lipinski definition) is 6. The largest absolute Gasteiger partial charge is 0.465 e. The Morgan fingerprint density at radius 2 is 1.84 bits per heavy atom. The molecule has 0 aliphatic carbocycles. The predicted molar refractivity (Wildman–Crippen MR) is 119 cm³/mol. The number of aryl methyl sites for hydroxylation is 1. The van der Waals surface area contributed by atoms with Crippen LogP contribution in [0.2, 0.25) is 0 Å². The van der Waals surface area contributed by atoms with Crippen molar-refractivity contribution in [2.75, 3.05) is 13.9 Å². The van der Waals surface area contributed by atoms with Gasteiger partial charge in [0.25, 0.3) is 0 Å². The number of carbonyl (C=O) groups is 2. The SMILES string of the molecule is COC(=O)c1ccc(-n2c(C)cc(/C=N\NC(=O)Cc3ccc4c(c3)OCO4)c2C)cc1. The van der Waals surface area contributed by atoms with E-state index in [2.05, 4.69) is 15.1 Å². The number of hydrogen-bond donors (Lipinski definition) is 1. The minimum absolute atomic E-state index is 0.180. The summed E-state index contributed by atoms with van der Waals surface area (Å²) in [5.41, 5.74) is 7.63. The van der Waals surface area contributed by atoms with Crippen molar-refractivity contribution < 1.29 is 23.8 Å². The Labute approximate surface area is 185 Å². The van der Waals surface area contributed by atoms with Crippen molar-refractivity contribution in [1.29, 1.82) is 0 Å². The van der Waals surface area contributed by atoms with Crippen LogP contribution in [0, 0.1) is 13.8 Å². The van der Waals surface area contributed by atoms with Crippen LogP contribution >= 0.6 is 0 Å². The van der Waals surface area contributed by atoms with E-state index in [1.165, 1.54) is 7.11 Å². The topological polar surface area (TPSA) is 91.2 Å². The molecule has 0 saturated heterocycles. The molecule has 1 aromatic heterocycles. The summed E-state index contributed by atoms with van der Waals surface area (Å²) in [6, 6.07) is 14.6. The molecule has 0 bridgehead atoms. The van der Waals surface area contributed by atoms with Gasteiger partial charge in [0.05, 0.1) is 25.3 Å². The first-order valence-corrected chi connectivity index (χ1v) is 10.0. The number of methoxy groups -OCH3 is 1. The standard InChI is InChI=1S/C24H23N3O5/c1-15-10-19(16(2)27(15)20-7-5-18(6-8-20)24(29)30-3)13-25-26-23(28)12-17-4-9-21-22(11-17)32-14-31-21/h4-11,13H,12,14H2,1-3H3,(H,26,28)/b25-13-. The van der Waals surface area contributed by atoms with Crippen LogP contribution in [0.3, 0.4) is 0 Å². The number of ether oxygens (including phenoxy) is 3. The lowest BCUT2D eigenvalue weighted by atomic mass is 10.1. The van der Waals surface area contributed by atoms with Crippen molar-refractivity contribution in [3.8, 4) is 17.2 Å². The van der Waals surface area contributed by atoms with Crippen LogP contribution in [0.5, 0.6) is 11.5 Å². The summed E-state index contributed by atoms with van der Waals surface area (Å²) >= 11 is 0. The average Bonchev–Trinajstić information content (AvgIpc) is 3.36. The molecule has 1 aliphatic rings. The summed E-state index contributed by atoms with van der Waals surface area (Å²) < 4.78 is 17.4. The number of aromatic nitrogens is 1. The maximum atomic E-state index is 12.3. The number of nitrogens with one attached hydrogen (secondary N) is 1. The highest BCUT2D eigenvalue weighted by atomic mass is 16.7. The smallest absolute Gasteiger partial charge is 0.337 e. The number of hydrazone groups is 1. The van der Waals surface area contributed by atoms with Crippen LogP contribution in [0.1, 0.15) is 32.9 Å². The van der Waals surface area contributed by atoms with E-state index < -0.39 is 0 Å². The first-order chi connectivity index (χ1) is 15.5. The van der Waals surface area contributed by atoms with Gasteiger partial charge in [-0.2, -0.15) is 5.10 Å². The van der Waals surface area contributed by atoms with Gasteiger partial charge >= 0.3 is 5.97 Å². The van der Waals surface area contributed by atoms with Crippen molar-refractivity contribution in [2.24, 2.45) is 5.10 Å². The molecule has 3 aromatic rings. The lowest BCUT2D eigenvalue weighted by Gasteiger charge is -2.10. The fraction of sp³-hybridized carbons (Fsp3) is 0.208. The van der Waals surface area contributed by atoms with E-state index in [1.807, 2.05) is 38.1 Å². The van der Waals surface area contributed by atoms with Crippen molar-refractivity contribution in [1.82, 2.24) is 9.99 Å². The highest BCUT2D eigenvalue weighted by molar-refractivity contribution is 5.89. The van der Waals surface area contributed by atoms with Gasteiger partial charge in [-0.05, 0) is 61.9 Å². The number of benzene rings is 2. The molecule has 2 aromatic carbocycles. The van der Waals surface area contributed by atoms with Crippen LogP contribution in [0.15, 0.2) is 53.6 Å². The van der Waals surface area contributed by atoms with Crippen LogP contribution in [-0.2, 0) is 16.0 Å². The fourth-order valence-corrected chi connectivity index (χ4v) is 3.63. The Hall–Kier alpha value is -4.07. The highest BCUT2D eigenvalue weighted by Gasteiger charge is 2.15. The van der Waals surface area contributed by atoms with E-state index in [-0.39, 0.29) is 25.1 Å². The molecule has 0 radical (unpaired) electrons. The summed E-state index contributed by atoms with van der Waals surface area (Å²) in [6.07, 6.45) is 1.80. The van der Waals surface area contributed by atoms with Gasteiger partial charge < -0.3 is 18.8 Å². The normalized spacial score (nSPS) is 12.2. The van der Waals surface area contributed by atoms with Gasteiger partial charge in [0.2, 0.25) is 12.7 Å². The molecule has 8 nitrogen and oxygen atoms in total. The second kappa shape index (κ2) is 8.97. The van der Waals surface area contributed by atoms with Gasteiger partial charge in [-0.25, -0.2) is 10.2 Å². The molecular formula is C24H23N3O5. The third kappa shape index (κ3) is 4.34. The lowest BCUT2D eigenvalue weighted by molar-refractivity contribution is -0.120. The molecule has 0 atom stereocenters. The van der Waals surface area contributed by atoms with E-state index in [0.29, 0.717) is 17.1 Å². The van der Waals surface area contributed by atoms with E-state index in [1.54, 1.807) is 30.5 Å². The maximum absolute atomic E-state index is 12.3. The van der Waals surface area contributed by atoms with Crippen molar-refractivity contribution >= 4 is 18.1 Å². The molecule has 164 valence electrons. The van der Waals surface area contributed by atoms with Gasteiger partial charge in [0.15, 0.2) is 11.5 Å². The molecule has 0 fully saturated rings. The summed E-state index contributed by atoms with van der Waals surface area (Å²) in [5, 5.41) is 4.11. The first kappa shape index (κ1) is 21.2. The molecule has 0 spiro atoms. The number of carbonyl (C=O) groups excluding carboxylic acids is 2. The number of fused-ring (bicyclic) bond motifs is 1. The molecule has 4 rings (SSSR count). The molecule has 0 unspecified atom stereocenters. The van der Waals surface area contributed by atoms with E-state index in [4.69, 9.17) is 14.2 Å². The molecule has 8 heteroatoms. The number of rotatable bonds is 6. The third-order valence-corrected chi connectivity index (χ3v) is 5.21. The Kier molecular flexibility index (Phi) is 5.93. The Morgan fingerprint density at radius 1 is 1.09 bits per heavy atom. The van der Waals surface area contributed by atoms with Gasteiger partial charge in [-0.1, -0.05) is 6.07 Å². The zero-order valence-electron chi connectivity index (χ0n) is 18.0. The van der Waals surface area contributed by atoms with E-state index in [9.17, 15) is 9.59 Å². The third-order valence-electron chi connectivity index (χ3n) is 5.21. The monoisotopic (exact) mass is 433 g/mol. The second-order valence-electron chi connectivity index (χ2n) is 7.36. The van der Waals surface area contributed by atoms with Crippen LogP contribution in [-0.4, -0.2) is 36.6 Å². The van der Waals surface area contributed by atoms with Crippen molar-refractivity contribution in [2.45, 2.75) is 20.3 Å². The van der Waals surface area contributed by atoms with Crippen LogP contribution in [0.4, 0.5) is 0 Å². The lowest BCUT2D eigenvalue weighted by Crippen LogP contribution is -2.19. The van der Waals surface area contributed by atoms with Crippen molar-refractivity contribution in [3.05, 3.63) is 76.6 Å². The Bertz CT molecular complexity index is 1200. The van der Waals surface area contributed by atoms with Gasteiger partial charge in [-0.15, -0.1) is 0 Å². The minimum atomic E-state index is -0.373. The Morgan fingerprint density at radius 3 is 2.59 bits per heavy atom. The number of esters is 1. The van der Waals surface area contributed by atoms with E-state index >= 15 is 0 Å². The van der Waals surface area contributed by atoms with E-state index in [0.717, 1.165) is 28.2 Å². The highest BCUT2D eigenvalue weighted by Crippen LogP contribution is 2.32. The first-order valence-electron chi connectivity index (χ1n) is 10.0. The quantitative estimate of drug-likeness (QED) is 0.366. The van der Waals surface area contributed by atoms with Gasteiger partial charge in [0, 0.05) is 22.6 Å². The average molecular weight is 433 g/mol. The molecule has 1 aliphatic heterocycles. The molecular weight excluding hydrogens is 410 g/mol. The molecule has 1 amide bonds. The van der Waals surface area contributed by atoms with Gasteiger partial charge in [-0.3, -0.25) is 4.79 Å². The fourth-order valence-electron chi connectivity index (χ4n) is 3.63. The van der Waals surface area contributed by atoms with Crippen molar-refractivity contribution in [3.63, 3.8) is 0 Å². The summed E-state index contributed by atoms with van der Waals surface area (Å²) in [7, 11) is 1.36. The Balaban J connectivity index is 1.42. The second-order valence-corrected chi connectivity index (χ2v) is 7.36. The zero-order valence-corrected chi connectivity index (χ0v) is 18.0. The molecule has 2 heterocycles. The summed E-state index contributed by atoms with van der Waals surface area (Å²) in [6.45, 7) is 4.15. The zero-order chi connectivity index (χ0) is 22.7. The number of nitrogens with zero attached hydrogens (tertiary/aromatic N) is 2. The summed E-state index contributed by atoms with van der Waals surface area (Å²) in [5.74, 6) is 0.725. The predicted octanol–water partition coefficient (Wildman–Crippen LogP) is 3.30. The molecule has 1 N–H and O–H groups in total. The van der Waals surface area contributed by atoms with Crippen LogP contribution < -0.4 is 14.9 Å². The van der Waals surface area contributed by atoms with Gasteiger partial charge in [0.1, 0.15) is 0 Å². The molecule has 0 saturated carbocycles. The summed E-state index contributed by atoms with van der Waals surface area (Å²) in [4.78, 5) is 23.9. The molecule has 32 heavy (non-hydrogen) atoms.